The number of hydrogen-bond acceptors (Lipinski definition) is 5. The number of likely N-dealkylation sites (N-methyl/N-ethyl adjacent to an activating group) is 1. The summed E-state index contributed by atoms with van der Waals surface area (Å²) >= 11 is 0. The van der Waals surface area contributed by atoms with Crippen LogP contribution < -0.4 is 16.0 Å². The summed E-state index contributed by atoms with van der Waals surface area (Å²) in [6.07, 6.45) is 1.94. The van der Waals surface area contributed by atoms with Crippen LogP contribution in [0.1, 0.15) is 47.0 Å². The number of nitrogens with one attached hydrogen (secondary N) is 3. The van der Waals surface area contributed by atoms with Crippen molar-refractivity contribution < 1.29 is 19.1 Å². The first-order valence-electron chi connectivity index (χ1n) is 8.29. The van der Waals surface area contributed by atoms with Crippen molar-refractivity contribution in [2.24, 2.45) is 0 Å². The van der Waals surface area contributed by atoms with Crippen LogP contribution in [0.5, 0.6) is 0 Å². The summed E-state index contributed by atoms with van der Waals surface area (Å²) < 4.78 is 10.3. The van der Waals surface area contributed by atoms with Gasteiger partial charge < -0.3 is 25.4 Å². The van der Waals surface area contributed by atoms with Crippen molar-refractivity contribution >= 4 is 12.0 Å². The van der Waals surface area contributed by atoms with Crippen LogP contribution >= 0.6 is 0 Å². The number of ether oxygens (including phenoxy) is 2. The van der Waals surface area contributed by atoms with Crippen LogP contribution in [-0.4, -0.2) is 57.0 Å². The van der Waals surface area contributed by atoms with E-state index in [9.17, 15) is 9.59 Å². The zero-order chi connectivity index (χ0) is 17.7. The molecule has 7 heteroatoms. The Morgan fingerprint density at radius 2 is 1.78 bits per heavy atom. The van der Waals surface area contributed by atoms with E-state index in [4.69, 9.17) is 9.47 Å². The van der Waals surface area contributed by atoms with Gasteiger partial charge in [0, 0.05) is 19.7 Å². The van der Waals surface area contributed by atoms with E-state index in [0.29, 0.717) is 32.7 Å². The minimum absolute atomic E-state index is 0.0210. The lowest BCUT2D eigenvalue weighted by molar-refractivity contribution is -0.123. The molecule has 0 radical (unpaired) electrons. The zero-order valence-corrected chi connectivity index (χ0v) is 15.2. The average molecular weight is 331 g/mol. The third kappa shape index (κ3) is 12.9. The van der Waals surface area contributed by atoms with Gasteiger partial charge in [-0.2, -0.15) is 0 Å². The predicted molar refractivity (Wildman–Crippen MR) is 90.4 cm³/mol. The van der Waals surface area contributed by atoms with E-state index in [0.717, 1.165) is 12.8 Å². The van der Waals surface area contributed by atoms with Crippen molar-refractivity contribution in [1.82, 2.24) is 16.0 Å². The second kappa shape index (κ2) is 12.1. The van der Waals surface area contributed by atoms with E-state index in [1.165, 1.54) is 0 Å². The molecule has 0 aromatic rings. The van der Waals surface area contributed by atoms with Crippen LogP contribution in [0.2, 0.25) is 0 Å². The molecule has 0 bridgehead atoms. The van der Waals surface area contributed by atoms with Crippen molar-refractivity contribution in [3.63, 3.8) is 0 Å². The van der Waals surface area contributed by atoms with Gasteiger partial charge in [-0.3, -0.25) is 4.79 Å². The summed E-state index contributed by atoms with van der Waals surface area (Å²) in [4.78, 5) is 23.4. The van der Waals surface area contributed by atoms with Crippen LogP contribution in [0, 0.1) is 0 Å². The molecule has 23 heavy (non-hydrogen) atoms. The summed E-state index contributed by atoms with van der Waals surface area (Å²) in [5.41, 5.74) is -0.485. The molecule has 0 saturated carbocycles. The van der Waals surface area contributed by atoms with Crippen molar-refractivity contribution in [1.29, 1.82) is 0 Å². The van der Waals surface area contributed by atoms with Gasteiger partial charge in [-0.1, -0.05) is 0 Å². The van der Waals surface area contributed by atoms with E-state index in [-0.39, 0.29) is 11.9 Å². The van der Waals surface area contributed by atoms with E-state index in [1.54, 1.807) is 7.05 Å². The number of hydrogen-bond donors (Lipinski definition) is 3. The topological polar surface area (TPSA) is 88.7 Å². The molecule has 0 rings (SSSR count). The molecular formula is C16H33N3O4. The van der Waals surface area contributed by atoms with Crippen LogP contribution in [0.15, 0.2) is 0 Å². The highest BCUT2D eigenvalue weighted by Crippen LogP contribution is 2.06. The van der Waals surface area contributed by atoms with E-state index >= 15 is 0 Å². The molecule has 0 spiro atoms. The Morgan fingerprint density at radius 3 is 2.35 bits per heavy atom. The van der Waals surface area contributed by atoms with Gasteiger partial charge >= 0.3 is 6.09 Å². The quantitative estimate of drug-likeness (QED) is 0.498. The maximum absolute atomic E-state index is 11.9. The normalized spacial score (nSPS) is 12.6. The Hall–Kier alpha value is -1.34. The van der Waals surface area contributed by atoms with Gasteiger partial charge in [-0.25, -0.2) is 4.79 Å². The van der Waals surface area contributed by atoms with E-state index < -0.39 is 11.7 Å². The first kappa shape index (κ1) is 21.7. The van der Waals surface area contributed by atoms with Crippen molar-refractivity contribution in [3.05, 3.63) is 0 Å². The third-order valence-electron chi connectivity index (χ3n) is 3.00. The molecule has 0 aliphatic carbocycles. The van der Waals surface area contributed by atoms with E-state index in [2.05, 4.69) is 16.0 Å². The van der Waals surface area contributed by atoms with Crippen LogP contribution in [0.25, 0.3) is 0 Å². The number of unbranched alkanes of at least 4 members (excludes halogenated alkanes) is 1. The molecule has 0 aliphatic heterocycles. The molecule has 136 valence electrons. The fraction of sp³-hybridized carbons (Fsp3) is 0.875. The maximum Gasteiger partial charge on any atom is 0.407 e. The second-order valence-corrected chi connectivity index (χ2v) is 6.25. The second-order valence-electron chi connectivity index (χ2n) is 6.25. The van der Waals surface area contributed by atoms with Crippen LogP contribution in [-0.2, 0) is 14.3 Å². The molecule has 0 aromatic heterocycles. The Kier molecular flexibility index (Phi) is 11.4. The summed E-state index contributed by atoms with van der Waals surface area (Å²) in [6.45, 7) is 9.64. The number of carbonyl (C=O) groups excluding carboxylic acids is 2. The van der Waals surface area contributed by atoms with Crippen molar-refractivity contribution in [2.75, 3.05) is 33.4 Å². The largest absolute Gasteiger partial charge is 0.444 e. The average Bonchev–Trinajstić information content (AvgIpc) is 2.45. The molecule has 3 N–H and O–H groups in total. The lowest BCUT2D eigenvalue weighted by atomic mass is 10.1. The van der Waals surface area contributed by atoms with Gasteiger partial charge in [-0.15, -0.1) is 0 Å². The third-order valence-corrected chi connectivity index (χ3v) is 3.00. The Morgan fingerprint density at radius 1 is 1.09 bits per heavy atom. The fourth-order valence-electron chi connectivity index (χ4n) is 1.90. The van der Waals surface area contributed by atoms with Crippen molar-refractivity contribution in [2.45, 2.75) is 58.6 Å². The van der Waals surface area contributed by atoms with E-state index in [1.807, 2.05) is 27.7 Å². The highest BCUT2D eigenvalue weighted by atomic mass is 16.6. The molecule has 0 unspecified atom stereocenters. The number of carbonyl (C=O) groups is 2. The molecule has 0 aromatic carbocycles. The number of amides is 2. The zero-order valence-electron chi connectivity index (χ0n) is 15.2. The SMILES string of the molecule is CCOCCNC(=O)[C@H](CCCCNC(=O)OC(C)(C)C)NC. The molecule has 1 atom stereocenters. The van der Waals surface area contributed by atoms with Crippen molar-refractivity contribution in [3.8, 4) is 0 Å². The van der Waals surface area contributed by atoms with Gasteiger partial charge in [-0.05, 0) is 54.0 Å². The predicted octanol–water partition coefficient (Wildman–Crippen LogP) is 1.42. The summed E-state index contributed by atoms with van der Waals surface area (Å²) in [5, 5.41) is 8.56. The molecule has 0 fully saturated rings. The molecule has 0 aliphatic rings. The van der Waals surface area contributed by atoms with Gasteiger partial charge in [0.15, 0.2) is 0 Å². The standard InChI is InChI=1S/C16H33N3O4/c1-6-22-12-11-18-14(20)13(17-5)9-7-8-10-19-15(21)23-16(2,3)4/h13,17H,6-12H2,1-5H3,(H,18,20)(H,19,21)/t13-/m0/s1. The monoisotopic (exact) mass is 331 g/mol. The lowest BCUT2D eigenvalue weighted by Crippen LogP contribution is -2.43. The minimum Gasteiger partial charge on any atom is -0.444 e. The number of rotatable bonds is 11. The smallest absolute Gasteiger partial charge is 0.407 e. The van der Waals surface area contributed by atoms with Crippen LogP contribution in [0.4, 0.5) is 4.79 Å². The fourth-order valence-corrected chi connectivity index (χ4v) is 1.90. The highest BCUT2D eigenvalue weighted by Gasteiger charge is 2.16. The van der Waals surface area contributed by atoms with Gasteiger partial charge in [0.05, 0.1) is 12.6 Å². The molecule has 0 heterocycles. The number of alkyl carbamates (subject to hydrolysis) is 1. The Bertz CT molecular complexity index is 343. The Labute approximate surface area is 139 Å². The lowest BCUT2D eigenvalue weighted by Gasteiger charge is -2.20. The summed E-state index contributed by atoms with van der Waals surface area (Å²) in [6, 6.07) is -0.224. The minimum atomic E-state index is -0.485. The molecule has 0 saturated heterocycles. The van der Waals surface area contributed by atoms with Gasteiger partial charge in [0.2, 0.25) is 5.91 Å². The molecular weight excluding hydrogens is 298 g/mol. The first-order chi connectivity index (χ1) is 10.8. The van der Waals surface area contributed by atoms with Crippen LogP contribution in [0.3, 0.4) is 0 Å². The van der Waals surface area contributed by atoms with Gasteiger partial charge in [0.25, 0.3) is 0 Å². The summed E-state index contributed by atoms with van der Waals surface area (Å²) in [5.74, 6) is -0.0210. The summed E-state index contributed by atoms with van der Waals surface area (Å²) in [7, 11) is 1.77. The van der Waals surface area contributed by atoms with Gasteiger partial charge in [0.1, 0.15) is 5.60 Å². The molecule has 2 amide bonds. The first-order valence-corrected chi connectivity index (χ1v) is 8.29. The Balaban J connectivity index is 3.78. The maximum atomic E-state index is 11.9. The molecule has 7 nitrogen and oxygen atoms in total. The highest BCUT2D eigenvalue weighted by molar-refractivity contribution is 5.81.